The van der Waals surface area contributed by atoms with Crippen LogP contribution in [0, 0.1) is 17.8 Å². The molecule has 0 saturated carbocycles. The first kappa shape index (κ1) is 12.0. The fourth-order valence-electron chi connectivity index (χ4n) is 2.36. The van der Waals surface area contributed by atoms with E-state index in [4.69, 9.17) is 0 Å². The van der Waals surface area contributed by atoms with E-state index >= 15 is 0 Å². The number of rotatable bonds is 4. The van der Waals surface area contributed by atoms with Crippen LogP contribution < -0.4 is 5.32 Å². The first-order chi connectivity index (χ1) is 6.56. The van der Waals surface area contributed by atoms with Crippen LogP contribution in [0.25, 0.3) is 0 Å². The van der Waals surface area contributed by atoms with Gasteiger partial charge in [0.05, 0.1) is 0 Å². The van der Waals surface area contributed by atoms with Crippen molar-refractivity contribution in [3.8, 4) is 0 Å². The van der Waals surface area contributed by atoms with Crippen LogP contribution in [0.4, 0.5) is 0 Å². The Balaban J connectivity index is 2.42. The molecule has 0 radical (unpaired) electrons. The number of hydrogen-bond donors (Lipinski definition) is 1. The maximum atomic E-state index is 3.27. The van der Waals surface area contributed by atoms with Crippen LogP contribution in [0.15, 0.2) is 0 Å². The highest BCUT2D eigenvalue weighted by Crippen LogP contribution is 2.25. The number of likely N-dealkylation sites (tertiary alicyclic amines) is 1. The van der Waals surface area contributed by atoms with E-state index in [-0.39, 0.29) is 0 Å². The minimum absolute atomic E-state index is 0.717. The van der Waals surface area contributed by atoms with Gasteiger partial charge in [-0.1, -0.05) is 20.8 Å². The summed E-state index contributed by atoms with van der Waals surface area (Å²) in [5, 5.41) is 3.27. The van der Waals surface area contributed by atoms with Crippen LogP contribution in [-0.4, -0.2) is 37.6 Å². The molecule has 0 aromatic heterocycles. The Morgan fingerprint density at radius 3 is 2.14 bits per heavy atom. The molecular formula is C12H26N2. The first-order valence-corrected chi connectivity index (χ1v) is 5.95. The molecule has 0 aromatic carbocycles. The van der Waals surface area contributed by atoms with Gasteiger partial charge in [0.25, 0.3) is 0 Å². The Morgan fingerprint density at radius 2 is 1.71 bits per heavy atom. The van der Waals surface area contributed by atoms with Gasteiger partial charge < -0.3 is 5.32 Å². The average molecular weight is 198 g/mol. The molecule has 0 aromatic rings. The van der Waals surface area contributed by atoms with Gasteiger partial charge in [-0.25, -0.2) is 0 Å². The van der Waals surface area contributed by atoms with Crippen LogP contribution >= 0.6 is 0 Å². The van der Waals surface area contributed by atoms with Gasteiger partial charge in [-0.15, -0.1) is 0 Å². The van der Waals surface area contributed by atoms with Crippen molar-refractivity contribution < 1.29 is 0 Å². The Bertz CT molecular complexity index is 160. The molecule has 4 unspecified atom stereocenters. The maximum absolute atomic E-state index is 3.27. The Hall–Kier alpha value is -0.0800. The molecule has 0 bridgehead atoms. The fourth-order valence-corrected chi connectivity index (χ4v) is 2.36. The molecule has 1 aliphatic heterocycles. The largest absolute Gasteiger partial charge is 0.319 e. The lowest BCUT2D eigenvalue weighted by Gasteiger charge is -2.29. The summed E-state index contributed by atoms with van der Waals surface area (Å²) in [7, 11) is 2.04. The van der Waals surface area contributed by atoms with Gasteiger partial charge in [0.1, 0.15) is 0 Å². The van der Waals surface area contributed by atoms with Crippen molar-refractivity contribution in [3.05, 3.63) is 0 Å². The summed E-state index contributed by atoms with van der Waals surface area (Å²) in [6, 6.07) is 0.717. The zero-order chi connectivity index (χ0) is 10.7. The van der Waals surface area contributed by atoms with Gasteiger partial charge in [-0.3, -0.25) is 4.90 Å². The molecule has 0 amide bonds. The van der Waals surface area contributed by atoms with E-state index < -0.39 is 0 Å². The molecule has 0 aliphatic carbocycles. The van der Waals surface area contributed by atoms with Gasteiger partial charge in [0.15, 0.2) is 0 Å². The second-order valence-corrected chi connectivity index (χ2v) is 5.18. The van der Waals surface area contributed by atoms with Crippen LogP contribution in [-0.2, 0) is 0 Å². The summed E-state index contributed by atoms with van der Waals surface area (Å²) in [5.41, 5.74) is 0. The van der Waals surface area contributed by atoms with E-state index in [2.05, 4.69) is 37.9 Å². The molecule has 84 valence electrons. The van der Waals surface area contributed by atoms with Crippen LogP contribution in [0.5, 0.6) is 0 Å². The van der Waals surface area contributed by atoms with Gasteiger partial charge in [-0.2, -0.15) is 0 Å². The third-order valence-corrected chi connectivity index (χ3v) is 3.94. The molecule has 4 atom stereocenters. The summed E-state index contributed by atoms with van der Waals surface area (Å²) < 4.78 is 0. The zero-order valence-electron chi connectivity index (χ0n) is 10.4. The topological polar surface area (TPSA) is 15.3 Å². The van der Waals surface area contributed by atoms with Gasteiger partial charge >= 0.3 is 0 Å². The lowest BCUT2D eigenvalue weighted by atomic mass is 10.0. The van der Waals surface area contributed by atoms with Crippen molar-refractivity contribution in [2.45, 2.75) is 33.7 Å². The standard InChI is InChI=1S/C12H26N2/c1-9(6-13-5)12(4)14-7-10(2)11(3)8-14/h9-13H,6-8H2,1-5H3. The maximum Gasteiger partial charge on any atom is 0.0105 e. The van der Waals surface area contributed by atoms with Crippen LogP contribution in [0.3, 0.4) is 0 Å². The predicted molar refractivity (Wildman–Crippen MR) is 62.5 cm³/mol. The summed E-state index contributed by atoms with van der Waals surface area (Å²) in [6.07, 6.45) is 0. The second kappa shape index (κ2) is 5.13. The number of nitrogens with zero attached hydrogens (tertiary/aromatic N) is 1. The van der Waals surface area contributed by atoms with Crippen molar-refractivity contribution in [2.75, 3.05) is 26.7 Å². The minimum atomic E-state index is 0.717. The van der Waals surface area contributed by atoms with E-state index in [1.54, 1.807) is 0 Å². The molecule has 2 nitrogen and oxygen atoms in total. The third-order valence-electron chi connectivity index (χ3n) is 3.94. The van der Waals surface area contributed by atoms with Gasteiger partial charge in [0.2, 0.25) is 0 Å². The lowest BCUT2D eigenvalue weighted by Crippen LogP contribution is -2.39. The Morgan fingerprint density at radius 1 is 1.21 bits per heavy atom. The van der Waals surface area contributed by atoms with Crippen LogP contribution in [0.2, 0.25) is 0 Å². The van der Waals surface area contributed by atoms with Crippen molar-refractivity contribution in [2.24, 2.45) is 17.8 Å². The smallest absolute Gasteiger partial charge is 0.0105 e. The lowest BCUT2D eigenvalue weighted by molar-refractivity contribution is 0.189. The number of hydrogen-bond acceptors (Lipinski definition) is 2. The van der Waals surface area contributed by atoms with Crippen molar-refractivity contribution >= 4 is 0 Å². The summed E-state index contributed by atoms with van der Waals surface area (Å²) >= 11 is 0. The zero-order valence-corrected chi connectivity index (χ0v) is 10.4. The average Bonchev–Trinajstić information content (AvgIpc) is 2.46. The highest BCUT2D eigenvalue weighted by molar-refractivity contribution is 4.84. The molecule has 2 heteroatoms. The number of nitrogens with one attached hydrogen (secondary N) is 1. The molecule has 1 fully saturated rings. The highest BCUT2D eigenvalue weighted by Gasteiger charge is 2.30. The second-order valence-electron chi connectivity index (χ2n) is 5.18. The SMILES string of the molecule is CNCC(C)C(C)N1CC(C)C(C)C1. The fraction of sp³-hybridized carbons (Fsp3) is 1.00. The Kier molecular flexibility index (Phi) is 4.39. The van der Waals surface area contributed by atoms with E-state index in [9.17, 15) is 0 Å². The molecular weight excluding hydrogens is 172 g/mol. The summed E-state index contributed by atoms with van der Waals surface area (Å²) in [4.78, 5) is 2.65. The predicted octanol–water partition coefficient (Wildman–Crippen LogP) is 1.82. The van der Waals surface area contributed by atoms with Crippen LogP contribution in [0.1, 0.15) is 27.7 Å². The molecule has 14 heavy (non-hydrogen) atoms. The van der Waals surface area contributed by atoms with E-state index in [1.165, 1.54) is 13.1 Å². The normalized spacial score (nSPS) is 33.2. The van der Waals surface area contributed by atoms with E-state index in [0.717, 1.165) is 30.3 Å². The molecule has 1 saturated heterocycles. The van der Waals surface area contributed by atoms with E-state index in [1.807, 2.05) is 7.05 Å². The molecule has 1 N–H and O–H groups in total. The summed E-state index contributed by atoms with van der Waals surface area (Å²) in [6.45, 7) is 13.2. The van der Waals surface area contributed by atoms with Gasteiger partial charge in [0, 0.05) is 19.1 Å². The monoisotopic (exact) mass is 198 g/mol. The van der Waals surface area contributed by atoms with Crippen molar-refractivity contribution in [3.63, 3.8) is 0 Å². The van der Waals surface area contributed by atoms with Crippen molar-refractivity contribution in [1.82, 2.24) is 10.2 Å². The highest BCUT2D eigenvalue weighted by atomic mass is 15.2. The quantitative estimate of drug-likeness (QED) is 0.741. The Labute approximate surface area is 89.1 Å². The molecule has 1 rings (SSSR count). The van der Waals surface area contributed by atoms with E-state index in [0.29, 0.717) is 0 Å². The first-order valence-electron chi connectivity index (χ1n) is 5.95. The molecule has 1 heterocycles. The molecule has 0 spiro atoms. The molecule has 1 aliphatic rings. The van der Waals surface area contributed by atoms with Gasteiger partial charge in [-0.05, 0) is 38.3 Å². The minimum Gasteiger partial charge on any atom is -0.319 e. The third kappa shape index (κ3) is 2.71. The summed E-state index contributed by atoms with van der Waals surface area (Å²) in [5.74, 6) is 2.50. The van der Waals surface area contributed by atoms with Crippen molar-refractivity contribution in [1.29, 1.82) is 0 Å².